The summed E-state index contributed by atoms with van der Waals surface area (Å²) >= 11 is 0. The number of likely N-dealkylation sites (tertiary alicyclic amines) is 1. The van der Waals surface area contributed by atoms with Crippen LogP contribution in [0.2, 0.25) is 0 Å². The van der Waals surface area contributed by atoms with Crippen molar-refractivity contribution in [2.45, 2.75) is 25.1 Å². The lowest BCUT2D eigenvalue weighted by molar-refractivity contribution is -0.123. The minimum absolute atomic E-state index is 0.0667. The molecular formula is C35H30FN5O6. The van der Waals surface area contributed by atoms with E-state index in [9.17, 15) is 14.4 Å². The van der Waals surface area contributed by atoms with Crippen LogP contribution in [-0.2, 0) is 11.3 Å². The van der Waals surface area contributed by atoms with Gasteiger partial charge < -0.3 is 29.7 Å². The van der Waals surface area contributed by atoms with Crippen LogP contribution in [0.4, 0.5) is 4.39 Å². The first-order valence-corrected chi connectivity index (χ1v) is 14.9. The van der Waals surface area contributed by atoms with Crippen molar-refractivity contribution in [1.29, 1.82) is 5.26 Å². The first-order chi connectivity index (χ1) is 22.8. The molecule has 6 bridgehead atoms. The lowest BCUT2D eigenvalue weighted by Crippen LogP contribution is -2.58. The van der Waals surface area contributed by atoms with Gasteiger partial charge in [-0.05, 0) is 59.7 Å². The molecule has 3 aromatic carbocycles. The summed E-state index contributed by atoms with van der Waals surface area (Å²) in [5, 5.41) is 14.8. The van der Waals surface area contributed by atoms with Crippen molar-refractivity contribution < 1.29 is 33.0 Å². The lowest BCUT2D eigenvalue weighted by Gasteiger charge is -2.39. The van der Waals surface area contributed by atoms with E-state index >= 15 is 4.39 Å². The van der Waals surface area contributed by atoms with Crippen molar-refractivity contribution in [2.24, 2.45) is 0 Å². The fourth-order valence-corrected chi connectivity index (χ4v) is 5.57. The molecular weight excluding hydrogens is 605 g/mol. The summed E-state index contributed by atoms with van der Waals surface area (Å²) < 4.78 is 32.8. The van der Waals surface area contributed by atoms with Gasteiger partial charge in [0.25, 0.3) is 17.7 Å². The van der Waals surface area contributed by atoms with Crippen molar-refractivity contribution in [3.05, 3.63) is 107 Å². The van der Waals surface area contributed by atoms with Gasteiger partial charge in [0.05, 0.1) is 24.3 Å². The summed E-state index contributed by atoms with van der Waals surface area (Å²) in [4.78, 5) is 45.3. The van der Waals surface area contributed by atoms with Crippen LogP contribution in [0.15, 0.2) is 79.0 Å². The quantitative estimate of drug-likeness (QED) is 0.338. The number of carbonyl (C=O) groups excluding carboxylic acids is 3. The van der Waals surface area contributed by atoms with Gasteiger partial charge >= 0.3 is 0 Å². The fourth-order valence-electron chi connectivity index (χ4n) is 5.57. The number of piperidine rings is 1. The Balaban J connectivity index is 1.35. The molecule has 0 unspecified atom stereocenters. The molecule has 1 aromatic heterocycles. The average Bonchev–Trinajstić information content (AvgIpc) is 3.10. The molecule has 12 heteroatoms. The first-order valence-electron chi connectivity index (χ1n) is 14.9. The van der Waals surface area contributed by atoms with Gasteiger partial charge in [-0.15, -0.1) is 0 Å². The summed E-state index contributed by atoms with van der Waals surface area (Å²) in [6.07, 6.45) is 1.09. The minimum atomic E-state index is -0.734. The van der Waals surface area contributed by atoms with Crippen LogP contribution in [0.1, 0.15) is 38.4 Å². The van der Waals surface area contributed by atoms with E-state index in [1.54, 1.807) is 53.4 Å². The Morgan fingerprint density at radius 2 is 1.91 bits per heavy atom. The number of amides is 3. The summed E-state index contributed by atoms with van der Waals surface area (Å²) in [6, 6.07) is 20.5. The topological polar surface area (TPSA) is 143 Å². The van der Waals surface area contributed by atoms with Crippen molar-refractivity contribution in [3.8, 4) is 34.4 Å². The predicted octanol–water partition coefficient (Wildman–Crippen LogP) is 3.87. The maximum atomic E-state index is 15.2. The zero-order valence-electron chi connectivity index (χ0n) is 25.4. The number of aromatic nitrogens is 1. The third-order valence-electron chi connectivity index (χ3n) is 8.05. The monoisotopic (exact) mass is 635 g/mol. The molecule has 1 saturated heterocycles. The molecule has 3 aliphatic rings. The number of carbonyl (C=O) groups is 3. The van der Waals surface area contributed by atoms with Gasteiger partial charge in [0, 0.05) is 43.9 Å². The van der Waals surface area contributed by atoms with Gasteiger partial charge in [0.15, 0.2) is 6.61 Å². The molecule has 4 heterocycles. The fraction of sp³-hybridized carbons (Fsp3) is 0.229. The number of rotatable bonds is 2. The molecule has 238 valence electrons. The molecule has 47 heavy (non-hydrogen) atoms. The van der Waals surface area contributed by atoms with E-state index in [1.165, 1.54) is 37.6 Å². The number of halogens is 1. The van der Waals surface area contributed by atoms with E-state index in [0.29, 0.717) is 52.5 Å². The molecule has 3 amide bonds. The van der Waals surface area contributed by atoms with Crippen LogP contribution in [0.3, 0.4) is 0 Å². The van der Waals surface area contributed by atoms with E-state index in [2.05, 4.69) is 15.6 Å². The number of benzene rings is 3. The highest BCUT2D eigenvalue weighted by molar-refractivity contribution is 5.96. The number of ether oxygens (including phenoxy) is 3. The highest BCUT2D eigenvalue weighted by atomic mass is 19.1. The molecule has 2 atom stereocenters. The lowest BCUT2D eigenvalue weighted by atomic mass is 9.99. The Bertz CT molecular complexity index is 1880. The Hall–Kier alpha value is -5.96. The Morgan fingerprint density at radius 1 is 1.06 bits per heavy atom. The zero-order chi connectivity index (χ0) is 32.9. The first kappa shape index (κ1) is 31.0. The number of nitrogens with one attached hydrogen (secondary N) is 2. The van der Waals surface area contributed by atoms with Gasteiger partial charge in [-0.25, -0.2) is 9.37 Å². The van der Waals surface area contributed by atoms with Gasteiger partial charge in [-0.3, -0.25) is 14.4 Å². The second-order valence-electron chi connectivity index (χ2n) is 11.1. The van der Waals surface area contributed by atoms with Crippen LogP contribution in [-0.4, -0.2) is 66.6 Å². The predicted molar refractivity (Wildman–Crippen MR) is 167 cm³/mol. The SMILES string of the molecule is COc1cc2ccc1CNC(=O)COc1cccc(c1)-c1ccc(F)c(c1)C(=O)N[C@@H]1CN(C(=O)c3ccc(C#N)nc3)CC[C@@H]1O2. The molecule has 1 fully saturated rings. The van der Waals surface area contributed by atoms with E-state index in [1.807, 2.05) is 6.07 Å². The molecule has 2 N–H and O–H groups in total. The van der Waals surface area contributed by atoms with Crippen LogP contribution >= 0.6 is 0 Å². The molecule has 3 aliphatic heterocycles. The highest BCUT2D eigenvalue weighted by Crippen LogP contribution is 2.29. The minimum Gasteiger partial charge on any atom is -0.496 e. The van der Waals surface area contributed by atoms with Crippen molar-refractivity contribution in [1.82, 2.24) is 20.5 Å². The van der Waals surface area contributed by atoms with Crippen LogP contribution in [0.5, 0.6) is 17.2 Å². The number of hydrogen-bond acceptors (Lipinski definition) is 8. The van der Waals surface area contributed by atoms with E-state index in [4.69, 9.17) is 19.5 Å². The average molecular weight is 636 g/mol. The van der Waals surface area contributed by atoms with Gasteiger partial charge in [0.1, 0.15) is 40.9 Å². The number of nitrogens with zero attached hydrogens (tertiary/aromatic N) is 3. The van der Waals surface area contributed by atoms with E-state index in [-0.39, 0.29) is 42.8 Å². The molecule has 11 nitrogen and oxygen atoms in total. The van der Waals surface area contributed by atoms with Crippen molar-refractivity contribution in [2.75, 3.05) is 26.8 Å². The molecule has 0 radical (unpaired) electrons. The van der Waals surface area contributed by atoms with Gasteiger partial charge in [-0.2, -0.15) is 5.26 Å². The number of pyridine rings is 1. The van der Waals surface area contributed by atoms with Gasteiger partial charge in [0.2, 0.25) is 0 Å². The maximum absolute atomic E-state index is 15.2. The standard InChI is InChI=1S/C35H30FN5O6/c1-45-32-15-27-9-6-23(32)17-39-33(42)20-46-26-4-2-3-21(13-26)22-7-10-29(36)28(14-22)34(43)40-30-19-41(12-11-31(30)47-27)35(44)24-5-8-25(16-37)38-18-24/h2-10,13-15,18,30-31H,11-12,17,19-20H2,1H3,(H,39,42)(H,40,43)/t30-,31+/m1/s1. The molecule has 4 aromatic rings. The second kappa shape index (κ2) is 13.6. The normalized spacial score (nSPS) is 17.9. The largest absolute Gasteiger partial charge is 0.496 e. The van der Waals surface area contributed by atoms with E-state index < -0.39 is 23.9 Å². The van der Waals surface area contributed by atoms with Crippen LogP contribution < -0.4 is 24.8 Å². The Labute approximate surface area is 269 Å². The van der Waals surface area contributed by atoms with Gasteiger partial charge in [-0.1, -0.05) is 18.2 Å². The second-order valence-corrected chi connectivity index (χ2v) is 11.1. The summed E-state index contributed by atoms with van der Waals surface area (Å²) in [7, 11) is 1.51. The van der Waals surface area contributed by atoms with E-state index in [0.717, 1.165) is 0 Å². The molecule has 7 rings (SSSR count). The third kappa shape index (κ3) is 6.99. The van der Waals surface area contributed by atoms with Crippen molar-refractivity contribution in [3.63, 3.8) is 0 Å². The highest BCUT2D eigenvalue weighted by Gasteiger charge is 2.35. The third-order valence-corrected chi connectivity index (χ3v) is 8.05. The molecule has 0 spiro atoms. The number of nitriles is 1. The molecule has 0 aliphatic carbocycles. The number of hydrogen-bond donors (Lipinski definition) is 2. The summed E-state index contributed by atoms with van der Waals surface area (Å²) in [5.41, 5.74) is 2.21. The smallest absolute Gasteiger partial charge is 0.258 e. The zero-order valence-corrected chi connectivity index (χ0v) is 25.4. The van der Waals surface area contributed by atoms with Crippen LogP contribution in [0.25, 0.3) is 11.1 Å². The number of methoxy groups -OCH3 is 1. The summed E-state index contributed by atoms with van der Waals surface area (Å²) in [5.74, 6) is -0.716. The van der Waals surface area contributed by atoms with Crippen molar-refractivity contribution >= 4 is 17.7 Å². The Kier molecular flexibility index (Phi) is 8.97. The summed E-state index contributed by atoms with van der Waals surface area (Å²) in [6.45, 7) is 0.332. The van der Waals surface area contributed by atoms with Crippen LogP contribution in [0, 0.1) is 17.1 Å². The molecule has 0 saturated carbocycles. The maximum Gasteiger partial charge on any atom is 0.258 e. The Morgan fingerprint density at radius 3 is 2.70 bits per heavy atom. The number of fused-ring (bicyclic) bond motifs is 7.